The minimum Gasteiger partial charge on any atom is -0.309 e. The Bertz CT molecular complexity index is 2650. The van der Waals surface area contributed by atoms with Gasteiger partial charge in [-0.2, -0.15) is 0 Å². The number of hydrogen-bond donors (Lipinski definition) is 0. The fourth-order valence-electron chi connectivity index (χ4n) is 9.58. The van der Waals surface area contributed by atoms with Gasteiger partial charge in [-0.05, 0) is 133 Å². The summed E-state index contributed by atoms with van der Waals surface area (Å²) in [6, 6.07) is 38.7. The molecule has 0 aliphatic carbocycles. The van der Waals surface area contributed by atoms with Gasteiger partial charge in [0.1, 0.15) is 0 Å². The van der Waals surface area contributed by atoms with Crippen molar-refractivity contribution in [3.8, 4) is 11.4 Å². The Morgan fingerprint density at radius 3 is 0.984 bits per heavy atom. The molecule has 318 valence electrons. The highest BCUT2D eigenvalue weighted by atomic mass is 32.1. The van der Waals surface area contributed by atoms with Crippen molar-refractivity contribution < 1.29 is 0 Å². The molecule has 3 heterocycles. The normalized spacial score (nSPS) is 13.7. The minimum atomic E-state index is -0.217. The first kappa shape index (κ1) is 43.1. The van der Waals surface area contributed by atoms with E-state index in [0.717, 1.165) is 6.42 Å². The lowest BCUT2D eigenvalue weighted by molar-refractivity contribution is 0.532. The van der Waals surface area contributed by atoms with Crippen LogP contribution in [0.15, 0.2) is 102 Å². The lowest BCUT2D eigenvalue weighted by Crippen LogP contribution is -2.22. The number of fused-ring (bicyclic) bond motifs is 6. The summed E-state index contributed by atoms with van der Waals surface area (Å²) in [6.07, 6.45) is 0.914. The molecular weight excluding hydrogens is 757 g/mol. The minimum absolute atomic E-state index is 0.0253. The smallest absolute Gasteiger partial charge is 0.0541 e. The molecule has 0 amide bonds. The van der Waals surface area contributed by atoms with Crippen LogP contribution in [0.25, 0.3) is 55.0 Å². The Morgan fingerprint density at radius 2 is 0.721 bits per heavy atom. The number of aromatic nitrogens is 2. The summed E-state index contributed by atoms with van der Waals surface area (Å²) >= 11 is 1.87. The SMILES string of the molecule is CC(C)(C)c1ccc2c(c1)c1cc(C(C)(C)C)ccc1n2-c1cc(CC(C)(C)c2cccs2)cc(-n2c3ccc(C(C)(C)C)cc3c3cc(C(C)(C)C)ccc32)c1C(C)(C)C. The molecular formula is C58H70N2S. The van der Waals surface area contributed by atoms with E-state index in [1.54, 1.807) is 0 Å². The van der Waals surface area contributed by atoms with E-state index < -0.39 is 0 Å². The predicted octanol–water partition coefficient (Wildman–Crippen LogP) is 17.0. The zero-order valence-corrected chi connectivity index (χ0v) is 41.1. The molecule has 0 atom stereocenters. The van der Waals surface area contributed by atoms with Crippen LogP contribution in [0, 0.1) is 0 Å². The maximum atomic E-state index is 2.62. The topological polar surface area (TPSA) is 9.86 Å². The van der Waals surface area contributed by atoms with E-state index in [2.05, 4.69) is 229 Å². The Kier molecular flexibility index (Phi) is 10.0. The third-order valence-corrected chi connectivity index (χ3v) is 14.5. The van der Waals surface area contributed by atoms with Crippen LogP contribution < -0.4 is 0 Å². The summed E-state index contributed by atoms with van der Waals surface area (Å²) in [5.74, 6) is 0. The standard InChI is InChI=1S/C58H70N2S/c1-53(2,3)37-20-24-45-41(31-37)42-32-38(54(4,5)6)21-25-46(42)59(45)49-29-36(35-58(16,17)51-19-18-28-61-51)30-50(52(49)57(13,14)15)60-47-26-22-39(55(7,8)9)33-43(47)44-34-40(56(10,11)12)23-27-48(44)60/h18-34H,35H2,1-17H3. The molecule has 8 rings (SSSR count). The first-order valence-electron chi connectivity index (χ1n) is 22.6. The molecule has 0 radical (unpaired) electrons. The van der Waals surface area contributed by atoms with Crippen molar-refractivity contribution >= 4 is 54.9 Å². The molecule has 0 aliphatic rings. The maximum Gasteiger partial charge on any atom is 0.0541 e. The van der Waals surface area contributed by atoms with Gasteiger partial charge < -0.3 is 9.13 Å². The molecule has 0 unspecified atom stereocenters. The summed E-state index contributed by atoms with van der Waals surface area (Å²) in [5.41, 5.74) is 15.5. The summed E-state index contributed by atoms with van der Waals surface area (Å²) in [5, 5.41) is 7.50. The fourth-order valence-corrected chi connectivity index (χ4v) is 10.4. The van der Waals surface area contributed by atoms with Gasteiger partial charge in [0.05, 0.1) is 33.4 Å². The van der Waals surface area contributed by atoms with Crippen molar-refractivity contribution in [2.45, 2.75) is 157 Å². The highest BCUT2D eigenvalue weighted by molar-refractivity contribution is 7.10. The number of benzene rings is 5. The maximum absolute atomic E-state index is 2.62. The van der Waals surface area contributed by atoms with Crippen molar-refractivity contribution in [2.75, 3.05) is 0 Å². The van der Waals surface area contributed by atoms with Gasteiger partial charge in [-0.15, -0.1) is 11.3 Å². The highest BCUT2D eigenvalue weighted by Crippen LogP contribution is 2.46. The highest BCUT2D eigenvalue weighted by Gasteiger charge is 2.32. The summed E-state index contributed by atoms with van der Waals surface area (Å²) in [7, 11) is 0. The van der Waals surface area contributed by atoms with E-state index in [4.69, 9.17) is 0 Å². The van der Waals surface area contributed by atoms with Crippen LogP contribution in [0.5, 0.6) is 0 Å². The fraction of sp³-hybridized carbons (Fsp3) is 0.414. The van der Waals surface area contributed by atoms with Gasteiger partial charge in [0, 0.05) is 37.4 Å². The first-order chi connectivity index (χ1) is 28.1. The Balaban J connectivity index is 1.56. The van der Waals surface area contributed by atoms with Crippen molar-refractivity contribution in [3.05, 3.63) is 141 Å². The van der Waals surface area contributed by atoms with Gasteiger partial charge in [-0.25, -0.2) is 0 Å². The molecule has 0 bridgehead atoms. The zero-order valence-electron chi connectivity index (χ0n) is 40.3. The molecule has 8 aromatic rings. The van der Waals surface area contributed by atoms with E-state index >= 15 is 0 Å². The van der Waals surface area contributed by atoms with Gasteiger partial charge in [0.15, 0.2) is 0 Å². The second-order valence-corrected chi connectivity index (χ2v) is 24.8. The second-order valence-electron chi connectivity index (χ2n) is 23.9. The van der Waals surface area contributed by atoms with Crippen LogP contribution in [0.2, 0.25) is 0 Å². The van der Waals surface area contributed by atoms with Gasteiger partial charge in [0.2, 0.25) is 0 Å². The first-order valence-corrected chi connectivity index (χ1v) is 23.4. The van der Waals surface area contributed by atoms with Gasteiger partial charge in [-0.3, -0.25) is 0 Å². The molecule has 5 aromatic carbocycles. The van der Waals surface area contributed by atoms with E-state index in [9.17, 15) is 0 Å². The van der Waals surface area contributed by atoms with Crippen molar-refractivity contribution in [2.24, 2.45) is 0 Å². The Morgan fingerprint density at radius 1 is 0.393 bits per heavy atom. The second kappa shape index (κ2) is 14.2. The summed E-state index contributed by atoms with van der Waals surface area (Å²) in [4.78, 5) is 1.41. The predicted molar refractivity (Wildman–Crippen MR) is 270 cm³/mol. The third kappa shape index (κ3) is 7.68. The van der Waals surface area contributed by atoms with Crippen LogP contribution in [-0.2, 0) is 38.9 Å². The van der Waals surface area contributed by atoms with Crippen molar-refractivity contribution in [1.82, 2.24) is 9.13 Å². The zero-order chi connectivity index (χ0) is 44.4. The third-order valence-electron chi connectivity index (χ3n) is 13.2. The summed E-state index contributed by atoms with van der Waals surface area (Å²) in [6.45, 7) is 40.0. The average Bonchev–Trinajstić information content (AvgIpc) is 3.87. The largest absolute Gasteiger partial charge is 0.309 e. The molecule has 3 aromatic heterocycles. The van der Waals surface area contributed by atoms with Crippen LogP contribution >= 0.6 is 11.3 Å². The molecule has 0 spiro atoms. The number of nitrogens with zero attached hydrogens (tertiary/aromatic N) is 2. The van der Waals surface area contributed by atoms with Gasteiger partial charge in [-0.1, -0.05) is 148 Å². The molecule has 0 fully saturated rings. The molecule has 2 nitrogen and oxygen atoms in total. The Hall–Kier alpha value is -4.60. The van der Waals surface area contributed by atoms with Crippen LogP contribution in [0.1, 0.15) is 156 Å². The average molecular weight is 827 g/mol. The molecule has 0 N–H and O–H groups in total. The lowest BCUT2D eigenvalue weighted by atomic mass is 9.80. The molecule has 61 heavy (non-hydrogen) atoms. The molecule has 0 saturated heterocycles. The van der Waals surface area contributed by atoms with Crippen LogP contribution in [0.3, 0.4) is 0 Å². The quantitative estimate of drug-likeness (QED) is 0.164. The molecule has 3 heteroatoms. The van der Waals surface area contributed by atoms with E-state index in [1.165, 1.54) is 93.2 Å². The van der Waals surface area contributed by atoms with Gasteiger partial charge in [0.25, 0.3) is 0 Å². The van der Waals surface area contributed by atoms with Gasteiger partial charge >= 0.3 is 0 Å². The van der Waals surface area contributed by atoms with E-state index in [0.29, 0.717) is 0 Å². The van der Waals surface area contributed by atoms with E-state index in [-0.39, 0.29) is 32.5 Å². The van der Waals surface area contributed by atoms with Crippen LogP contribution in [-0.4, -0.2) is 9.13 Å². The summed E-state index contributed by atoms with van der Waals surface area (Å²) < 4.78 is 5.25. The van der Waals surface area contributed by atoms with E-state index in [1.807, 2.05) is 11.3 Å². The molecule has 0 aliphatic heterocycles. The number of thiophene rings is 1. The van der Waals surface area contributed by atoms with Crippen molar-refractivity contribution in [1.29, 1.82) is 0 Å². The number of rotatable bonds is 5. The number of hydrogen-bond acceptors (Lipinski definition) is 1. The Labute approximate surface area is 371 Å². The lowest BCUT2D eigenvalue weighted by Gasteiger charge is -2.31. The monoisotopic (exact) mass is 827 g/mol. The van der Waals surface area contributed by atoms with Crippen LogP contribution in [0.4, 0.5) is 0 Å². The molecule has 0 saturated carbocycles. The van der Waals surface area contributed by atoms with Crippen molar-refractivity contribution in [3.63, 3.8) is 0 Å².